The summed E-state index contributed by atoms with van der Waals surface area (Å²) in [6.45, 7) is 5.36. The van der Waals surface area contributed by atoms with Gasteiger partial charge in [-0.15, -0.1) is 0 Å². The predicted octanol–water partition coefficient (Wildman–Crippen LogP) is 3.08. The third-order valence-electron chi connectivity index (χ3n) is 3.20. The molecule has 1 N–H and O–H groups in total. The van der Waals surface area contributed by atoms with E-state index in [4.69, 9.17) is 0 Å². The van der Waals surface area contributed by atoms with Crippen molar-refractivity contribution in [3.8, 4) is 0 Å². The van der Waals surface area contributed by atoms with Gasteiger partial charge in [-0.25, -0.2) is 4.98 Å². The first-order valence-electron chi connectivity index (χ1n) is 5.78. The van der Waals surface area contributed by atoms with Crippen molar-refractivity contribution in [1.82, 2.24) is 9.36 Å². The van der Waals surface area contributed by atoms with Gasteiger partial charge in [-0.3, -0.25) is 0 Å². The van der Waals surface area contributed by atoms with Crippen LogP contribution in [0.4, 0.5) is 5.13 Å². The summed E-state index contributed by atoms with van der Waals surface area (Å²) in [7, 11) is 0. The molecule has 0 radical (unpaired) electrons. The fourth-order valence-electron chi connectivity index (χ4n) is 2.13. The molecule has 0 aliphatic heterocycles. The van der Waals surface area contributed by atoms with Crippen molar-refractivity contribution in [3.05, 3.63) is 5.82 Å². The number of aromatic nitrogens is 2. The maximum atomic E-state index is 4.31. The van der Waals surface area contributed by atoms with Crippen LogP contribution in [0.2, 0.25) is 0 Å². The quantitative estimate of drug-likeness (QED) is 0.859. The molecule has 1 aliphatic rings. The zero-order valence-corrected chi connectivity index (χ0v) is 10.3. The molecule has 0 spiro atoms. The Morgan fingerprint density at radius 3 is 2.67 bits per heavy atom. The van der Waals surface area contributed by atoms with E-state index in [9.17, 15) is 0 Å². The van der Waals surface area contributed by atoms with Crippen LogP contribution in [0.25, 0.3) is 0 Å². The zero-order valence-electron chi connectivity index (χ0n) is 9.49. The third kappa shape index (κ3) is 3.16. The SMILES string of the molecule is Cc1nsc(NCC2CCC(C)CC2)n1. The van der Waals surface area contributed by atoms with Gasteiger partial charge in [-0.05, 0) is 31.6 Å². The smallest absolute Gasteiger partial charge is 0.202 e. The lowest BCUT2D eigenvalue weighted by molar-refractivity contribution is 0.300. The molecule has 0 bridgehead atoms. The number of anilines is 1. The van der Waals surface area contributed by atoms with Gasteiger partial charge in [-0.2, -0.15) is 4.37 Å². The minimum absolute atomic E-state index is 0.838. The molecule has 2 rings (SSSR count). The number of aryl methyl sites for hydroxylation is 1. The van der Waals surface area contributed by atoms with E-state index in [1.165, 1.54) is 37.2 Å². The van der Waals surface area contributed by atoms with Crippen molar-refractivity contribution in [2.45, 2.75) is 39.5 Å². The van der Waals surface area contributed by atoms with Crippen molar-refractivity contribution in [2.75, 3.05) is 11.9 Å². The molecule has 4 heteroatoms. The Hall–Kier alpha value is -0.640. The first kappa shape index (κ1) is 10.9. The zero-order chi connectivity index (χ0) is 10.7. The maximum Gasteiger partial charge on any atom is 0.202 e. The number of rotatable bonds is 3. The Morgan fingerprint density at radius 2 is 2.07 bits per heavy atom. The highest BCUT2D eigenvalue weighted by atomic mass is 32.1. The summed E-state index contributed by atoms with van der Waals surface area (Å²) in [6, 6.07) is 0. The highest BCUT2D eigenvalue weighted by Crippen LogP contribution is 2.28. The van der Waals surface area contributed by atoms with Crippen molar-refractivity contribution in [1.29, 1.82) is 0 Å². The van der Waals surface area contributed by atoms with Gasteiger partial charge in [0.25, 0.3) is 0 Å². The van der Waals surface area contributed by atoms with Crippen LogP contribution in [0.3, 0.4) is 0 Å². The third-order valence-corrected chi connectivity index (χ3v) is 3.97. The Kier molecular flexibility index (Phi) is 3.57. The summed E-state index contributed by atoms with van der Waals surface area (Å²) in [4.78, 5) is 4.31. The average molecular weight is 225 g/mol. The molecule has 0 amide bonds. The monoisotopic (exact) mass is 225 g/mol. The fourth-order valence-corrected chi connectivity index (χ4v) is 2.71. The van der Waals surface area contributed by atoms with Gasteiger partial charge < -0.3 is 5.32 Å². The van der Waals surface area contributed by atoms with Crippen molar-refractivity contribution in [2.24, 2.45) is 11.8 Å². The lowest BCUT2D eigenvalue weighted by Crippen LogP contribution is -2.20. The Labute approximate surface area is 95.5 Å². The molecule has 0 saturated heterocycles. The largest absolute Gasteiger partial charge is 0.360 e. The van der Waals surface area contributed by atoms with Crippen LogP contribution >= 0.6 is 11.5 Å². The normalized spacial score (nSPS) is 26.5. The summed E-state index contributed by atoms with van der Waals surface area (Å²) >= 11 is 1.47. The second-order valence-electron chi connectivity index (χ2n) is 4.65. The Morgan fingerprint density at radius 1 is 1.33 bits per heavy atom. The minimum Gasteiger partial charge on any atom is -0.360 e. The van der Waals surface area contributed by atoms with Gasteiger partial charge in [0.05, 0.1) is 0 Å². The van der Waals surface area contributed by atoms with Gasteiger partial charge in [0.1, 0.15) is 5.82 Å². The first-order chi connectivity index (χ1) is 7.24. The number of hydrogen-bond donors (Lipinski definition) is 1. The van der Waals surface area contributed by atoms with Crippen LogP contribution in [0.5, 0.6) is 0 Å². The van der Waals surface area contributed by atoms with Crippen molar-refractivity contribution < 1.29 is 0 Å². The van der Waals surface area contributed by atoms with E-state index in [1.54, 1.807) is 0 Å². The predicted molar refractivity (Wildman–Crippen MR) is 64.3 cm³/mol. The van der Waals surface area contributed by atoms with Gasteiger partial charge in [0, 0.05) is 18.1 Å². The number of nitrogens with one attached hydrogen (secondary N) is 1. The molecule has 1 fully saturated rings. The number of hydrogen-bond acceptors (Lipinski definition) is 4. The molecule has 0 aromatic carbocycles. The summed E-state index contributed by atoms with van der Waals surface area (Å²) in [5.41, 5.74) is 0. The van der Waals surface area contributed by atoms with Crippen molar-refractivity contribution >= 4 is 16.7 Å². The summed E-state index contributed by atoms with van der Waals surface area (Å²) in [5, 5.41) is 4.37. The lowest BCUT2D eigenvalue weighted by Gasteiger charge is -2.25. The Bertz CT molecular complexity index is 303. The van der Waals surface area contributed by atoms with Gasteiger partial charge in [-0.1, -0.05) is 19.8 Å². The summed E-state index contributed by atoms with van der Waals surface area (Å²) in [6.07, 6.45) is 5.51. The van der Waals surface area contributed by atoms with E-state index < -0.39 is 0 Å². The summed E-state index contributed by atoms with van der Waals surface area (Å²) < 4.78 is 4.16. The van der Waals surface area contributed by atoms with E-state index >= 15 is 0 Å². The summed E-state index contributed by atoms with van der Waals surface area (Å²) in [5.74, 6) is 2.65. The van der Waals surface area contributed by atoms with Crippen LogP contribution in [-0.2, 0) is 0 Å². The molecule has 84 valence electrons. The van der Waals surface area contributed by atoms with Gasteiger partial charge in [0.2, 0.25) is 5.13 Å². The molecule has 1 saturated carbocycles. The Balaban J connectivity index is 1.74. The van der Waals surface area contributed by atoms with E-state index in [1.807, 2.05) is 6.92 Å². The molecule has 15 heavy (non-hydrogen) atoms. The second-order valence-corrected chi connectivity index (χ2v) is 5.41. The highest BCUT2D eigenvalue weighted by molar-refractivity contribution is 7.09. The highest BCUT2D eigenvalue weighted by Gasteiger charge is 2.18. The van der Waals surface area contributed by atoms with E-state index in [-0.39, 0.29) is 0 Å². The fraction of sp³-hybridized carbons (Fsp3) is 0.818. The van der Waals surface area contributed by atoms with E-state index in [2.05, 4.69) is 21.6 Å². The molecular weight excluding hydrogens is 206 g/mol. The van der Waals surface area contributed by atoms with Crippen LogP contribution in [0.1, 0.15) is 38.4 Å². The lowest BCUT2D eigenvalue weighted by atomic mass is 9.83. The topological polar surface area (TPSA) is 37.8 Å². The maximum absolute atomic E-state index is 4.31. The van der Waals surface area contributed by atoms with E-state index in [0.717, 1.165) is 29.3 Å². The molecular formula is C11H19N3S. The second kappa shape index (κ2) is 4.92. The van der Waals surface area contributed by atoms with E-state index in [0.29, 0.717) is 0 Å². The first-order valence-corrected chi connectivity index (χ1v) is 6.55. The molecule has 1 aliphatic carbocycles. The van der Waals surface area contributed by atoms with Crippen molar-refractivity contribution in [3.63, 3.8) is 0 Å². The van der Waals surface area contributed by atoms with Crippen LogP contribution in [0, 0.1) is 18.8 Å². The van der Waals surface area contributed by atoms with Crippen LogP contribution < -0.4 is 5.32 Å². The minimum atomic E-state index is 0.838. The number of nitrogens with zero attached hydrogens (tertiary/aromatic N) is 2. The molecule has 1 heterocycles. The van der Waals surface area contributed by atoms with Crippen LogP contribution in [-0.4, -0.2) is 15.9 Å². The standard InChI is InChI=1S/C11H19N3S/c1-8-3-5-10(6-4-8)7-12-11-13-9(2)14-15-11/h8,10H,3-7H2,1-2H3,(H,12,13,14). The average Bonchev–Trinajstić information content (AvgIpc) is 2.64. The molecule has 3 nitrogen and oxygen atoms in total. The van der Waals surface area contributed by atoms with Gasteiger partial charge in [0.15, 0.2) is 0 Å². The van der Waals surface area contributed by atoms with Crippen LogP contribution in [0.15, 0.2) is 0 Å². The molecule has 0 unspecified atom stereocenters. The molecule has 1 aromatic heterocycles. The molecule has 0 atom stereocenters. The molecule has 1 aromatic rings. The van der Waals surface area contributed by atoms with Gasteiger partial charge >= 0.3 is 0 Å².